The van der Waals surface area contributed by atoms with Gasteiger partial charge in [-0.25, -0.2) is 0 Å². The van der Waals surface area contributed by atoms with Gasteiger partial charge in [-0.05, 0) is 36.8 Å². The standard InChI is InChI=1S/C21H19N7O2/c1-3-10-30-15-6-4-14(5-7-15)16-11-20(29)23-21-17(16)12-22-28(21)19-9-8-18-25-24-13(2)27(18)26-19/h3-9,12,16H,1,10-11H2,2H3,(H,23,29). The Balaban J connectivity index is 1.53. The quantitative estimate of drug-likeness (QED) is 0.516. The minimum absolute atomic E-state index is 0.0669. The van der Waals surface area contributed by atoms with Crippen LogP contribution in [0.4, 0.5) is 5.82 Å². The normalized spacial score (nSPS) is 15.6. The molecular formula is C21H19N7O2. The molecule has 0 spiro atoms. The largest absolute Gasteiger partial charge is 0.490 e. The van der Waals surface area contributed by atoms with E-state index in [2.05, 4.69) is 32.3 Å². The maximum absolute atomic E-state index is 12.5. The zero-order valence-electron chi connectivity index (χ0n) is 16.3. The lowest BCUT2D eigenvalue weighted by Crippen LogP contribution is -2.24. The van der Waals surface area contributed by atoms with Gasteiger partial charge in [-0.1, -0.05) is 24.8 Å². The molecule has 1 atom stereocenters. The molecule has 4 heterocycles. The number of fused-ring (bicyclic) bond motifs is 2. The number of nitrogens with one attached hydrogen (secondary N) is 1. The predicted molar refractivity (Wildman–Crippen MR) is 110 cm³/mol. The van der Waals surface area contributed by atoms with E-state index >= 15 is 0 Å². The van der Waals surface area contributed by atoms with E-state index in [9.17, 15) is 4.79 Å². The fraction of sp³-hybridized carbons (Fsp3) is 0.190. The van der Waals surface area contributed by atoms with Gasteiger partial charge >= 0.3 is 0 Å². The average Bonchev–Trinajstić information content (AvgIpc) is 3.35. The second-order valence-electron chi connectivity index (χ2n) is 7.04. The maximum atomic E-state index is 12.5. The van der Waals surface area contributed by atoms with Crippen LogP contribution in [0, 0.1) is 6.92 Å². The third-order valence-electron chi connectivity index (χ3n) is 5.09. The summed E-state index contributed by atoms with van der Waals surface area (Å²) in [5, 5.41) is 20.1. The number of carbonyl (C=O) groups is 1. The zero-order chi connectivity index (χ0) is 20.7. The highest BCUT2D eigenvalue weighted by Gasteiger charge is 2.30. The van der Waals surface area contributed by atoms with Crippen LogP contribution in [-0.4, -0.2) is 42.1 Å². The molecule has 1 amide bonds. The fourth-order valence-corrected chi connectivity index (χ4v) is 3.64. The molecule has 0 bridgehead atoms. The van der Waals surface area contributed by atoms with Crippen molar-refractivity contribution >= 4 is 17.4 Å². The van der Waals surface area contributed by atoms with Gasteiger partial charge in [0.15, 0.2) is 17.3 Å². The van der Waals surface area contributed by atoms with Crippen LogP contribution in [0.15, 0.2) is 55.3 Å². The highest BCUT2D eigenvalue weighted by molar-refractivity contribution is 5.94. The van der Waals surface area contributed by atoms with Crippen LogP contribution in [0.3, 0.4) is 0 Å². The molecule has 0 fully saturated rings. The molecule has 1 aromatic carbocycles. The summed E-state index contributed by atoms with van der Waals surface area (Å²) in [5.41, 5.74) is 2.62. The van der Waals surface area contributed by atoms with Crippen molar-refractivity contribution in [2.75, 3.05) is 11.9 Å². The Labute approximate surface area is 172 Å². The summed E-state index contributed by atoms with van der Waals surface area (Å²) in [5.74, 6) is 2.46. The lowest BCUT2D eigenvalue weighted by Gasteiger charge is -2.23. The molecule has 4 aromatic rings. The molecular weight excluding hydrogens is 382 g/mol. The number of aryl methyl sites for hydroxylation is 1. The van der Waals surface area contributed by atoms with Gasteiger partial charge in [0.25, 0.3) is 0 Å². The second-order valence-corrected chi connectivity index (χ2v) is 7.04. The molecule has 1 unspecified atom stereocenters. The van der Waals surface area contributed by atoms with Crippen molar-refractivity contribution in [3.63, 3.8) is 0 Å². The highest BCUT2D eigenvalue weighted by Crippen LogP contribution is 2.38. The highest BCUT2D eigenvalue weighted by atomic mass is 16.5. The Hall–Kier alpha value is -4.01. The molecule has 0 saturated heterocycles. The summed E-state index contributed by atoms with van der Waals surface area (Å²) in [6.07, 6.45) is 3.84. The fourth-order valence-electron chi connectivity index (χ4n) is 3.64. The van der Waals surface area contributed by atoms with Crippen LogP contribution in [0.25, 0.3) is 11.5 Å². The van der Waals surface area contributed by atoms with Crippen LogP contribution < -0.4 is 10.1 Å². The van der Waals surface area contributed by atoms with Crippen LogP contribution in [0.1, 0.15) is 29.3 Å². The molecule has 9 heteroatoms. The Morgan fingerprint density at radius 2 is 2.07 bits per heavy atom. The Morgan fingerprint density at radius 1 is 1.23 bits per heavy atom. The molecule has 0 aliphatic carbocycles. The Bertz CT molecular complexity index is 1260. The minimum Gasteiger partial charge on any atom is -0.490 e. The molecule has 3 aromatic heterocycles. The molecule has 0 radical (unpaired) electrons. The van der Waals surface area contributed by atoms with Crippen LogP contribution in [0.5, 0.6) is 5.75 Å². The third kappa shape index (κ3) is 3.00. The first-order valence-corrected chi connectivity index (χ1v) is 9.55. The van der Waals surface area contributed by atoms with Crippen molar-refractivity contribution in [1.82, 2.24) is 29.6 Å². The second kappa shape index (κ2) is 7.11. The molecule has 9 nitrogen and oxygen atoms in total. The first-order chi connectivity index (χ1) is 14.6. The monoisotopic (exact) mass is 401 g/mol. The van der Waals surface area contributed by atoms with Gasteiger partial charge in [0, 0.05) is 17.9 Å². The van der Waals surface area contributed by atoms with Gasteiger partial charge in [-0.2, -0.15) is 14.3 Å². The number of carbonyl (C=O) groups excluding carboxylic acids is 1. The van der Waals surface area contributed by atoms with Crippen LogP contribution in [0.2, 0.25) is 0 Å². The summed E-state index contributed by atoms with van der Waals surface area (Å²) in [7, 11) is 0. The predicted octanol–water partition coefficient (Wildman–Crippen LogP) is 2.66. The Kier molecular flexibility index (Phi) is 4.27. The summed E-state index contributed by atoms with van der Waals surface area (Å²) in [6.45, 7) is 5.93. The number of ether oxygens (including phenoxy) is 1. The number of anilines is 1. The number of rotatable bonds is 5. The van der Waals surface area contributed by atoms with E-state index in [-0.39, 0.29) is 11.8 Å². The van der Waals surface area contributed by atoms with Crippen LogP contribution >= 0.6 is 0 Å². The lowest BCUT2D eigenvalue weighted by molar-refractivity contribution is -0.116. The van der Waals surface area contributed by atoms with E-state index in [1.54, 1.807) is 27.5 Å². The van der Waals surface area contributed by atoms with E-state index < -0.39 is 0 Å². The summed E-state index contributed by atoms with van der Waals surface area (Å²) < 4.78 is 8.84. The molecule has 1 N–H and O–H groups in total. The summed E-state index contributed by atoms with van der Waals surface area (Å²) in [6, 6.07) is 11.4. The van der Waals surface area contributed by atoms with Crippen molar-refractivity contribution in [3.05, 3.63) is 72.2 Å². The number of aromatic nitrogens is 6. The van der Waals surface area contributed by atoms with E-state index in [0.717, 1.165) is 16.9 Å². The first-order valence-electron chi connectivity index (χ1n) is 9.55. The molecule has 30 heavy (non-hydrogen) atoms. The van der Waals surface area contributed by atoms with E-state index in [0.29, 0.717) is 36.1 Å². The SMILES string of the molecule is C=CCOc1ccc(C2CC(=O)Nc3c2cnn3-c2ccc3nnc(C)n3n2)cc1. The topological polar surface area (TPSA) is 99.2 Å². The Morgan fingerprint density at radius 3 is 2.87 bits per heavy atom. The lowest BCUT2D eigenvalue weighted by atomic mass is 9.87. The number of nitrogens with zero attached hydrogens (tertiary/aromatic N) is 6. The summed E-state index contributed by atoms with van der Waals surface area (Å²) >= 11 is 0. The van der Waals surface area contributed by atoms with Crippen molar-refractivity contribution < 1.29 is 9.53 Å². The van der Waals surface area contributed by atoms with Gasteiger partial charge in [0.2, 0.25) is 5.91 Å². The summed E-state index contributed by atoms with van der Waals surface area (Å²) in [4.78, 5) is 12.5. The van der Waals surface area contributed by atoms with Crippen molar-refractivity contribution in [2.24, 2.45) is 0 Å². The third-order valence-corrected chi connectivity index (χ3v) is 5.09. The van der Waals surface area contributed by atoms with Gasteiger partial charge < -0.3 is 10.1 Å². The average molecular weight is 401 g/mol. The maximum Gasteiger partial charge on any atom is 0.226 e. The molecule has 5 rings (SSSR count). The van der Waals surface area contributed by atoms with Crippen LogP contribution in [-0.2, 0) is 4.79 Å². The van der Waals surface area contributed by atoms with Gasteiger partial charge in [-0.15, -0.1) is 15.3 Å². The molecule has 1 aliphatic rings. The number of hydrogen-bond donors (Lipinski definition) is 1. The minimum atomic E-state index is -0.101. The molecule has 1 aliphatic heterocycles. The molecule has 150 valence electrons. The van der Waals surface area contributed by atoms with Gasteiger partial charge in [0.05, 0.1) is 6.20 Å². The van der Waals surface area contributed by atoms with E-state index in [1.807, 2.05) is 37.3 Å². The number of amides is 1. The number of hydrogen-bond acceptors (Lipinski definition) is 6. The van der Waals surface area contributed by atoms with Crippen molar-refractivity contribution in [3.8, 4) is 11.6 Å². The van der Waals surface area contributed by atoms with Gasteiger partial charge in [0.1, 0.15) is 18.2 Å². The van der Waals surface area contributed by atoms with E-state index in [4.69, 9.17) is 4.74 Å². The number of benzene rings is 1. The molecule has 0 saturated carbocycles. The van der Waals surface area contributed by atoms with Crippen molar-refractivity contribution in [2.45, 2.75) is 19.3 Å². The zero-order valence-corrected chi connectivity index (χ0v) is 16.3. The van der Waals surface area contributed by atoms with E-state index in [1.165, 1.54) is 0 Å². The van der Waals surface area contributed by atoms with Gasteiger partial charge in [-0.3, -0.25) is 4.79 Å². The smallest absolute Gasteiger partial charge is 0.226 e. The van der Waals surface area contributed by atoms with Crippen molar-refractivity contribution in [1.29, 1.82) is 0 Å². The first kappa shape index (κ1) is 18.0.